The van der Waals surface area contributed by atoms with Crippen LogP contribution in [0, 0.1) is 27.7 Å². The molecule has 0 bridgehead atoms. The minimum absolute atomic E-state index is 0. The maximum absolute atomic E-state index is 12.5. The summed E-state index contributed by atoms with van der Waals surface area (Å²) in [5, 5.41) is 16.9. The third kappa shape index (κ3) is 37.2. The van der Waals surface area contributed by atoms with Gasteiger partial charge in [-0.3, -0.25) is 19.2 Å². The third-order valence-electron chi connectivity index (χ3n) is 17.3. The van der Waals surface area contributed by atoms with Gasteiger partial charge in [-0.15, -0.1) is 0 Å². The average molecular weight is 1770 g/mol. The Morgan fingerprint density at radius 2 is 0.626 bits per heavy atom. The van der Waals surface area contributed by atoms with E-state index in [1.54, 1.807) is 159 Å². The van der Waals surface area contributed by atoms with Gasteiger partial charge in [0.05, 0.1) is 81.6 Å². The van der Waals surface area contributed by atoms with Crippen LogP contribution in [0.2, 0.25) is 20.1 Å². The largest absolute Gasteiger partial charge is 1.00 e. The first-order valence-corrected chi connectivity index (χ1v) is 40.3. The summed E-state index contributed by atoms with van der Waals surface area (Å²) >= 11 is 24.8. The normalized spacial score (nSPS) is 11.7. The molecule has 660 valence electrons. The number of esters is 3. The number of carboxylic acids is 1. The number of nitrogens with zero attached hydrogens (tertiary/aromatic N) is 2. The van der Waals surface area contributed by atoms with E-state index in [2.05, 4.69) is 10.6 Å². The van der Waals surface area contributed by atoms with Gasteiger partial charge in [0.1, 0.15) is 35.6 Å². The van der Waals surface area contributed by atoms with E-state index in [-0.39, 0.29) is 101 Å². The predicted molar refractivity (Wildman–Crippen MR) is 470 cm³/mol. The number of hydrogen-bond acceptors (Lipinski definition) is 20. The minimum atomic E-state index is -0.998. The van der Waals surface area contributed by atoms with Gasteiger partial charge in [0.2, 0.25) is 23.6 Å². The number of nitrogens with one attached hydrogen (secondary N) is 2. The molecule has 0 radical (unpaired) electrons. The molecule has 0 heterocycles. The SMILES string of the molecule is C.CC(=O)NCCO[C@H](c1cccc(C(=O)O)c1)c1cc(Cl)ccc1C.CCOC(=O)c1cccc(C(OCCN(C(C)=O)C(=O)OC(C)(C)C)c2cc(Cl)ccc2C)c1.CCOC(=O)c1cccc([C@@H](OCCN(C(C)=O)C(=O)OC(C)(C)C)c2cc(Cl)ccc2C)c1.CCOC(=O)c1cccc([C@@H](OCCNC(C)=O)c2cc(Cl)ccc2C)c1.[Li+].[OH-]. The molecule has 0 saturated carbocycles. The fourth-order valence-corrected chi connectivity index (χ4v) is 12.4. The van der Waals surface area contributed by atoms with E-state index in [1.165, 1.54) is 33.8 Å². The molecule has 0 aliphatic rings. The maximum atomic E-state index is 12.5. The van der Waals surface area contributed by atoms with Crippen LogP contribution < -0.4 is 29.5 Å². The smallest absolute Gasteiger partial charge is 0.870 e. The molecular weight excluding hydrogens is 1660 g/mol. The van der Waals surface area contributed by atoms with Crippen LogP contribution in [0.4, 0.5) is 9.59 Å². The number of carbonyl (C=O) groups excluding carboxylic acids is 9. The Morgan fingerprint density at radius 3 is 0.854 bits per heavy atom. The second-order valence-corrected chi connectivity index (χ2v) is 31.0. The van der Waals surface area contributed by atoms with Gasteiger partial charge >= 0.3 is 54.9 Å². The van der Waals surface area contributed by atoms with Gasteiger partial charge in [0.25, 0.3) is 0 Å². The van der Waals surface area contributed by atoms with Crippen LogP contribution in [-0.2, 0) is 61.8 Å². The van der Waals surface area contributed by atoms with Gasteiger partial charge in [-0.25, -0.2) is 38.6 Å². The first-order chi connectivity index (χ1) is 56.6. The molecule has 6 amide bonds. The first kappa shape index (κ1) is 109. The number of imide groups is 2. The van der Waals surface area contributed by atoms with Crippen molar-refractivity contribution in [2.45, 2.75) is 161 Å². The molecule has 123 heavy (non-hydrogen) atoms. The Kier molecular flexibility index (Phi) is 47.8. The minimum Gasteiger partial charge on any atom is -0.870 e. The van der Waals surface area contributed by atoms with Crippen molar-refractivity contribution in [3.05, 3.63) is 279 Å². The van der Waals surface area contributed by atoms with Crippen LogP contribution in [0.5, 0.6) is 0 Å². The van der Waals surface area contributed by atoms with Crippen LogP contribution in [-0.4, -0.2) is 164 Å². The van der Waals surface area contributed by atoms with Gasteiger partial charge in [-0.1, -0.05) is 127 Å². The van der Waals surface area contributed by atoms with E-state index in [0.29, 0.717) is 79.8 Å². The van der Waals surface area contributed by atoms with Crippen LogP contribution in [0.25, 0.3) is 0 Å². The second kappa shape index (κ2) is 53.9. The summed E-state index contributed by atoms with van der Waals surface area (Å²) in [6.45, 7) is 31.2. The van der Waals surface area contributed by atoms with Crippen molar-refractivity contribution in [1.29, 1.82) is 0 Å². The molecule has 8 aromatic rings. The van der Waals surface area contributed by atoms with Crippen LogP contribution in [0.3, 0.4) is 0 Å². The molecule has 4 N–H and O–H groups in total. The fraction of sp³-hybridized carbons (Fsp3) is 0.376. The summed E-state index contributed by atoms with van der Waals surface area (Å²) in [4.78, 5) is 121. The number of aromatic carboxylic acids is 1. The van der Waals surface area contributed by atoms with Crippen LogP contribution in [0.15, 0.2) is 170 Å². The number of carboxylic acid groups (broad SMARTS) is 1. The van der Waals surface area contributed by atoms with Gasteiger partial charge in [0, 0.05) is 60.9 Å². The summed E-state index contributed by atoms with van der Waals surface area (Å²) in [5.41, 5.74) is 10.2. The molecule has 8 aromatic carbocycles. The number of amides is 6. The zero-order valence-electron chi connectivity index (χ0n) is 72.3. The van der Waals surface area contributed by atoms with Gasteiger partial charge < -0.3 is 63.8 Å². The second-order valence-electron chi connectivity index (χ2n) is 29.2. The van der Waals surface area contributed by atoms with E-state index < -0.39 is 77.5 Å². The molecule has 4 atom stereocenters. The van der Waals surface area contributed by atoms with E-state index >= 15 is 0 Å². The van der Waals surface area contributed by atoms with E-state index in [4.69, 9.17) is 89.0 Å². The molecule has 0 spiro atoms. The number of rotatable bonds is 31. The summed E-state index contributed by atoms with van der Waals surface area (Å²) in [7, 11) is 0. The van der Waals surface area contributed by atoms with Crippen molar-refractivity contribution in [3.63, 3.8) is 0 Å². The molecule has 0 aliphatic heterocycles. The van der Waals surface area contributed by atoms with Crippen molar-refractivity contribution in [3.8, 4) is 0 Å². The number of ether oxygens (including phenoxy) is 9. The topological polar surface area (TPSA) is 335 Å². The van der Waals surface area contributed by atoms with E-state index in [9.17, 15) is 53.1 Å². The van der Waals surface area contributed by atoms with Crippen molar-refractivity contribution >= 4 is 106 Å². The molecular formula is C93H113Cl4LiN4O21. The quantitative estimate of drug-likeness (QED) is 0.0157. The Bertz CT molecular complexity index is 4680. The summed E-state index contributed by atoms with van der Waals surface area (Å²) in [6.07, 6.45) is -3.56. The molecule has 0 fully saturated rings. The van der Waals surface area contributed by atoms with Crippen molar-refractivity contribution < 1.29 is 120 Å². The van der Waals surface area contributed by atoms with Crippen LogP contribution >= 0.6 is 46.4 Å². The third-order valence-corrected chi connectivity index (χ3v) is 18.3. The number of aryl methyl sites for hydroxylation is 4. The Balaban J connectivity index is 0.000000555. The van der Waals surface area contributed by atoms with Crippen molar-refractivity contribution in [2.75, 3.05) is 72.4 Å². The van der Waals surface area contributed by atoms with Gasteiger partial charge in [-0.05, 0) is 254 Å². The molecule has 30 heteroatoms. The summed E-state index contributed by atoms with van der Waals surface area (Å²) in [5.74, 6) is -3.38. The van der Waals surface area contributed by atoms with Crippen molar-refractivity contribution in [1.82, 2.24) is 20.4 Å². The zero-order valence-corrected chi connectivity index (χ0v) is 75.3. The molecule has 1 unspecified atom stereocenters. The molecule has 8 rings (SSSR count). The molecule has 0 aromatic heterocycles. The average Bonchev–Trinajstić information content (AvgIpc) is 0.823. The van der Waals surface area contributed by atoms with Crippen molar-refractivity contribution in [2.24, 2.45) is 0 Å². The number of hydrogen-bond donors (Lipinski definition) is 3. The summed E-state index contributed by atoms with van der Waals surface area (Å²) in [6, 6.07) is 49.8. The fourth-order valence-electron chi connectivity index (χ4n) is 11.7. The Hall–Kier alpha value is -9.98. The maximum Gasteiger partial charge on any atom is 1.00 e. The standard InChI is InChI=1S/2C26H32ClNO6.C21H24ClNO4.C19H20ClNO4.CH4.Li.H2O/c2*1-7-32-24(30)20-10-8-9-19(15-20)23(22-16-21(27)12-11-17(22)2)33-14-13-28(18(3)29)25(31)34-26(4,5)6;1-4-26-21(25)17-7-5-6-16(12-17)20(27-11-10-23-15(3)24)19-13-18(22)9-8-14(19)2;1-12-6-7-16(20)11-17(12)18(25-9-8-21-13(2)22)14-4-3-5-15(10-14)19(23)24;;;/h2*8-12,15-16,23H,7,13-14H2,1-6H3;5-9,12-13,20H,4,10-11H2,1-3H3,(H,23,24);3-7,10-11,18H,8-9H2,1-2H3,(H,21,22)(H,23,24);1H4;;1H2/q;;;;;+1;/p-1/t23-;;20-;18-;;;/m1.11.../s1. The molecule has 0 aliphatic carbocycles. The number of benzene rings is 8. The summed E-state index contributed by atoms with van der Waals surface area (Å²) < 4.78 is 50.4. The van der Waals surface area contributed by atoms with Gasteiger partial charge in [-0.2, -0.15) is 0 Å². The predicted octanol–water partition coefficient (Wildman–Crippen LogP) is 16.5. The monoisotopic (exact) mass is 1770 g/mol. The first-order valence-electron chi connectivity index (χ1n) is 38.8. The Morgan fingerprint density at radius 1 is 0.382 bits per heavy atom. The number of carbonyl (C=O) groups is 10. The molecule has 0 saturated heterocycles. The zero-order chi connectivity index (χ0) is 89.1. The van der Waals surface area contributed by atoms with E-state index in [1.807, 2.05) is 94.4 Å². The number of halogens is 4. The van der Waals surface area contributed by atoms with Gasteiger partial charge in [0.15, 0.2) is 0 Å². The Labute approximate surface area is 753 Å². The van der Waals surface area contributed by atoms with E-state index in [0.717, 1.165) is 59.9 Å². The molecule has 25 nitrogen and oxygen atoms in total. The van der Waals surface area contributed by atoms with Crippen LogP contribution in [0.1, 0.15) is 230 Å².